The molecule has 0 N–H and O–H groups in total. The van der Waals surface area contributed by atoms with Crippen LogP contribution in [0.4, 0.5) is 0 Å². The van der Waals surface area contributed by atoms with E-state index < -0.39 is 0 Å². The molecule has 3 rings (SSSR count). The Hall–Kier alpha value is -2.60. The Balaban J connectivity index is 1.67. The quantitative estimate of drug-likeness (QED) is 0.853. The number of morpholine rings is 1. The Morgan fingerprint density at radius 3 is 2.54 bits per heavy atom. The van der Waals surface area contributed by atoms with E-state index in [1.165, 1.54) is 4.90 Å². The summed E-state index contributed by atoms with van der Waals surface area (Å²) >= 11 is 0. The number of hydrogen-bond donors (Lipinski definition) is 0. The van der Waals surface area contributed by atoms with Gasteiger partial charge in [-0.25, -0.2) is 0 Å². The summed E-state index contributed by atoms with van der Waals surface area (Å²) < 4.78 is 7.18. The first kappa shape index (κ1) is 16.3. The van der Waals surface area contributed by atoms with E-state index in [9.17, 15) is 9.59 Å². The summed E-state index contributed by atoms with van der Waals surface area (Å²) in [6.45, 7) is 2.37. The molecule has 0 unspecified atom stereocenters. The predicted molar refractivity (Wildman–Crippen MR) is 90.1 cm³/mol. The molecule has 0 aliphatic carbocycles. The van der Waals surface area contributed by atoms with E-state index >= 15 is 0 Å². The molecule has 1 saturated heterocycles. The van der Waals surface area contributed by atoms with Crippen molar-refractivity contribution in [1.82, 2.24) is 14.4 Å². The van der Waals surface area contributed by atoms with Crippen molar-refractivity contribution < 1.29 is 14.3 Å². The van der Waals surface area contributed by atoms with E-state index in [1.54, 1.807) is 18.0 Å². The zero-order chi connectivity index (χ0) is 16.9. The lowest BCUT2D eigenvalue weighted by atomic mass is 10.1. The third-order valence-electron chi connectivity index (χ3n) is 4.08. The first-order chi connectivity index (χ1) is 11.6. The van der Waals surface area contributed by atoms with Crippen molar-refractivity contribution in [3.05, 3.63) is 54.4 Å². The van der Waals surface area contributed by atoms with Crippen molar-refractivity contribution in [3.8, 4) is 5.69 Å². The lowest BCUT2D eigenvalue weighted by Crippen LogP contribution is -2.46. The zero-order valence-corrected chi connectivity index (χ0v) is 13.7. The number of carbonyl (C=O) groups excluding carboxylic acids is 2. The van der Waals surface area contributed by atoms with Gasteiger partial charge in [0.15, 0.2) is 0 Å². The maximum Gasteiger partial charge on any atom is 0.254 e. The van der Waals surface area contributed by atoms with Crippen LogP contribution >= 0.6 is 0 Å². The topological polar surface area (TPSA) is 54.8 Å². The van der Waals surface area contributed by atoms with Crippen molar-refractivity contribution in [2.45, 2.75) is 0 Å². The van der Waals surface area contributed by atoms with Gasteiger partial charge in [-0.15, -0.1) is 0 Å². The number of amides is 2. The van der Waals surface area contributed by atoms with Gasteiger partial charge in [0.05, 0.1) is 19.8 Å². The van der Waals surface area contributed by atoms with Gasteiger partial charge in [-0.2, -0.15) is 0 Å². The van der Waals surface area contributed by atoms with Crippen LogP contribution in [0.15, 0.2) is 48.8 Å². The monoisotopic (exact) mass is 327 g/mol. The first-order valence-corrected chi connectivity index (χ1v) is 7.99. The maximum atomic E-state index is 12.6. The lowest BCUT2D eigenvalue weighted by Gasteiger charge is -2.28. The highest BCUT2D eigenvalue weighted by Crippen LogP contribution is 2.13. The molecule has 1 aromatic heterocycles. The van der Waals surface area contributed by atoms with Crippen molar-refractivity contribution in [2.75, 3.05) is 39.9 Å². The van der Waals surface area contributed by atoms with Gasteiger partial charge in [0.25, 0.3) is 5.91 Å². The normalized spacial score (nSPS) is 14.5. The minimum atomic E-state index is -0.161. The van der Waals surface area contributed by atoms with Gasteiger partial charge in [0, 0.05) is 43.8 Å². The van der Waals surface area contributed by atoms with E-state index in [1.807, 2.05) is 47.3 Å². The Labute approximate surface area is 141 Å². The maximum absolute atomic E-state index is 12.6. The molecule has 0 atom stereocenters. The summed E-state index contributed by atoms with van der Waals surface area (Å²) in [5.74, 6) is -0.207. The third kappa shape index (κ3) is 3.65. The van der Waals surface area contributed by atoms with Crippen LogP contribution in [0.5, 0.6) is 0 Å². The molecule has 2 aromatic rings. The molecule has 0 radical (unpaired) electrons. The van der Waals surface area contributed by atoms with E-state index in [0.717, 1.165) is 5.69 Å². The number of nitrogens with zero attached hydrogens (tertiary/aromatic N) is 3. The van der Waals surface area contributed by atoms with E-state index in [4.69, 9.17) is 4.74 Å². The molecule has 126 valence electrons. The highest BCUT2D eigenvalue weighted by Gasteiger charge is 2.21. The van der Waals surface area contributed by atoms with Crippen molar-refractivity contribution in [3.63, 3.8) is 0 Å². The highest BCUT2D eigenvalue weighted by molar-refractivity contribution is 5.96. The average Bonchev–Trinajstić information content (AvgIpc) is 3.16. The number of aromatic nitrogens is 1. The number of hydrogen-bond acceptors (Lipinski definition) is 3. The summed E-state index contributed by atoms with van der Waals surface area (Å²) in [6, 6.07) is 11.3. The number of benzene rings is 1. The van der Waals surface area contributed by atoms with Gasteiger partial charge in [-0.1, -0.05) is 6.07 Å². The molecule has 0 bridgehead atoms. The molecular formula is C18H21N3O3. The molecule has 1 aliphatic rings. The Morgan fingerprint density at radius 1 is 1.12 bits per heavy atom. The summed E-state index contributed by atoms with van der Waals surface area (Å²) in [5, 5.41) is 0. The molecular weight excluding hydrogens is 306 g/mol. The van der Waals surface area contributed by atoms with E-state index in [-0.39, 0.29) is 18.4 Å². The second kappa shape index (κ2) is 7.31. The predicted octanol–water partition coefficient (Wildman–Crippen LogP) is 1.41. The van der Waals surface area contributed by atoms with Gasteiger partial charge < -0.3 is 19.1 Å². The molecule has 1 aliphatic heterocycles. The molecule has 1 fully saturated rings. The summed E-state index contributed by atoms with van der Waals surface area (Å²) in [7, 11) is 1.66. The SMILES string of the molecule is CN(CC(=O)N1CCOCC1)C(=O)c1cccc(-n2cccc2)c1. The van der Waals surface area contributed by atoms with Gasteiger partial charge in [0.1, 0.15) is 0 Å². The van der Waals surface area contributed by atoms with Crippen LogP contribution in [-0.4, -0.2) is 66.1 Å². The van der Waals surface area contributed by atoms with Crippen LogP contribution in [0, 0.1) is 0 Å². The second-order valence-electron chi connectivity index (χ2n) is 5.80. The van der Waals surface area contributed by atoms with E-state index in [2.05, 4.69) is 0 Å². The van der Waals surface area contributed by atoms with Gasteiger partial charge in [-0.05, 0) is 30.3 Å². The number of carbonyl (C=O) groups is 2. The smallest absolute Gasteiger partial charge is 0.254 e. The fourth-order valence-corrected chi connectivity index (χ4v) is 2.71. The Bertz CT molecular complexity index is 706. The lowest BCUT2D eigenvalue weighted by molar-refractivity contribution is -0.135. The molecule has 2 heterocycles. The van der Waals surface area contributed by atoms with Crippen LogP contribution in [-0.2, 0) is 9.53 Å². The Kier molecular flexibility index (Phi) is 4.96. The average molecular weight is 327 g/mol. The number of rotatable bonds is 4. The summed E-state index contributed by atoms with van der Waals surface area (Å²) in [4.78, 5) is 28.1. The summed E-state index contributed by atoms with van der Waals surface area (Å²) in [5.41, 5.74) is 1.48. The fourth-order valence-electron chi connectivity index (χ4n) is 2.71. The van der Waals surface area contributed by atoms with Crippen molar-refractivity contribution in [2.24, 2.45) is 0 Å². The minimum absolute atomic E-state index is 0.0456. The van der Waals surface area contributed by atoms with Crippen LogP contribution in [0.1, 0.15) is 10.4 Å². The third-order valence-corrected chi connectivity index (χ3v) is 4.08. The van der Waals surface area contributed by atoms with E-state index in [0.29, 0.717) is 31.9 Å². The van der Waals surface area contributed by atoms with Gasteiger partial charge in [0.2, 0.25) is 5.91 Å². The minimum Gasteiger partial charge on any atom is -0.378 e. The standard InChI is InChI=1S/C18H21N3O3/c1-19(14-17(22)21-9-11-24-12-10-21)18(23)15-5-4-6-16(13-15)20-7-2-3-8-20/h2-8,13H,9-12,14H2,1H3. The molecule has 0 spiro atoms. The number of likely N-dealkylation sites (N-methyl/N-ethyl adjacent to an activating group) is 1. The van der Waals surface area contributed by atoms with Crippen LogP contribution in [0.3, 0.4) is 0 Å². The van der Waals surface area contributed by atoms with Crippen LogP contribution in [0.25, 0.3) is 5.69 Å². The highest BCUT2D eigenvalue weighted by atomic mass is 16.5. The summed E-state index contributed by atoms with van der Waals surface area (Å²) in [6.07, 6.45) is 3.85. The Morgan fingerprint density at radius 2 is 1.83 bits per heavy atom. The van der Waals surface area contributed by atoms with Gasteiger partial charge >= 0.3 is 0 Å². The molecule has 24 heavy (non-hydrogen) atoms. The molecule has 0 saturated carbocycles. The largest absolute Gasteiger partial charge is 0.378 e. The zero-order valence-electron chi connectivity index (χ0n) is 13.7. The number of ether oxygens (including phenoxy) is 1. The molecule has 6 heteroatoms. The molecule has 6 nitrogen and oxygen atoms in total. The van der Waals surface area contributed by atoms with Gasteiger partial charge in [-0.3, -0.25) is 9.59 Å². The fraction of sp³-hybridized carbons (Fsp3) is 0.333. The second-order valence-corrected chi connectivity index (χ2v) is 5.80. The van der Waals surface area contributed by atoms with Crippen LogP contribution < -0.4 is 0 Å². The molecule has 1 aromatic carbocycles. The van der Waals surface area contributed by atoms with Crippen molar-refractivity contribution >= 4 is 11.8 Å². The molecule has 2 amide bonds. The van der Waals surface area contributed by atoms with Crippen molar-refractivity contribution in [1.29, 1.82) is 0 Å². The van der Waals surface area contributed by atoms with Crippen LogP contribution in [0.2, 0.25) is 0 Å². The first-order valence-electron chi connectivity index (χ1n) is 7.99.